The van der Waals surface area contributed by atoms with Crippen molar-refractivity contribution in [2.45, 2.75) is 31.4 Å². The lowest BCUT2D eigenvalue weighted by Crippen LogP contribution is -2.44. The second kappa shape index (κ2) is 4.12. The first-order valence-corrected chi connectivity index (χ1v) is 5.70. The molecule has 1 aromatic rings. The molecular formula is C12H16ClNO. The molecule has 0 aliphatic carbocycles. The highest BCUT2D eigenvalue weighted by atomic mass is 35.5. The van der Waals surface area contributed by atoms with Gasteiger partial charge in [-0.25, -0.2) is 0 Å². The van der Waals surface area contributed by atoms with Gasteiger partial charge in [-0.1, -0.05) is 23.7 Å². The number of benzene rings is 1. The van der Waals surface area contributed by atoms with E-state index in [2.05, 4.69) is 12.2 Å². The van der Waals surface area contributed by atoms with Crippen molar-refractivity contribution in [3.8, 4) is 0 Å². The summed E-state index contributed by atoms with van der Waals surface area (Å²) in [6.07, 6.45) is 1.49. The Morgan fingerprint density at radius 3 is 3.00 bits per heavy atom. The molecule has 82 valence electrons. The molecule has 1 aromatic carbocycles. The van der Waals surface area contributed by atoms with E-state index in [9.17, 15) is 5.11 Å². The lowest BCUT2D eigenvalue weighted by molar-refractivity contribution is -0.00646. The van der Waals surface area contributed by atoms with Gasteiger partial charge in [-0.2, -0.15) is 0 Å². The van der Waals surface area contributed by atoms with Gasteiger partial charge >= 0.3 is 0 Å². The molecule has 1 aliphatic heterocycles. The SMILES string of the molecule is C[C@H]1C[C@@](O)(c2cccc(Cl)c2)CCN1. The molecule has 1 aliphatic rings. The van der Waals surface area contributed by atoms with Crippen molar-refractivity contribution in [1.29, 1.82) is 0 Å². The summed E-state index contributed by atoms with van der Waals surface area (Å²) in [5, 5.41) is 14.6. The Balaban J connectivity index is 2.28. The second-order valence-electron chi connectivity index (χ2n) is 4.35. The highest BCUT2D eigenvalue weighted by Gasteiger charge is 2.34. The molecule has 15 heavy (non-hydrogen) atoms. The Morgan fingerprint density at radius 2 is 2.33 bits per heavy atom. The Hall–Kier alpha value is -0.570. The van der Waals surface area contributed by atoms with Crippen LogP contribution >= 0.6 is 11.6 Å². The van der Waals surface area contributed by atoms with Gasteiger partial charge in [0.05, 0.1) is 5.60 Å². The summed E-state index contributed by atoms with van der Waals surface area (Å²) in [6.45, 7) is 2.94. The van der Waals surface area contributed by atoms with Crippen LogP contribution in [0.4, 0.5) is 0 Å². The maximum absolute atomic E-state index is 10.5. The Bertz CT molecular complexity index is 355. The number of hydrogen-bond acceptors (Lipinski definition) is 2. The third-order valence-electron chi connectivity index (χ3n) is 3.04. The average Bonchev–Trinajstić information content (AvgIpc) is 2.17. The quantitative estimate of drug-likeness (QED) is 0.769. The molecule has 1 saturated heterocycles. The lowest BCUT2D eigenvalue weighted by atomic mass is 9.82. The third-order valence-corrected chi connectivity index (χ3v) is 3.27. The maximum atomic E-state index is 10.5. The van der Waals surface area contributed by atoms with Crippen molar-refractivity contribution in [3.05, 3.63) is 34.9 Å². The van der Waals surface area contributed by atoms with Gasteiger partial charge in [0.1, 0.15) is 0 Å². The van der Waals surface area contributed by atoms with E-state index >= 15 is 0 Å². The summed E-state index contributed by atoms with van der Waals surface area (Å²) in [6, 6.07) is 7.88. The molecule has 1 fully saturated rings. The van der Waals surface area contributed by atoms with E-state index in [-0.39, 0.29) is 0 Å². The molecule has 0 unspecified atom stereocenters. The van der Waals surface area contributed by atoms with Crippen LogP contribution < -0.4 is 5.32 Å². The first-order chi connectivity index (χ1) is 7.10. The number of hydrogen-bond donors (Lipinski definition) is 2. The van der Waals surface area contributed by atoms with E-state index in [1.165, 1.54) is 0 Å². The van der Waals surface area contributed by atoms with Crippen LogP contribution in [0.3, 0.4) is 0 Å². The van der Waals surface area contributed by atoms with Crippen molar-refractivity contribution in [2.75, 3.05) is 6.54 Å². The van der Waals surface area contributed by atoms with Gasteiger partial charge in [-0.15, -0.1) is 0 Å². The van der Waals surface area contributed by atoms with Gasteiger partial charge in [0, 0.05) is 11.1 Å². The number of aliphatic hydroxyl groups is 1. The molecule has 0 radical (unpaired) electrons. The predicted molar refractivity (Wildman–Crippen MR) is 62.0 cm³/mol. The smallest absolute Gasteiger partial charge is 0.0923 e. The fourth-order valence-electron chi connectivity index (χ4n) is 2.25. The summed E-state index contributed by atoms with van der Waals surface area (Å²) >= 11 is 5.94. The van der Waals surface area contributed by atoms with Gasteiger partial charge in [0.15, 0.2) is 0 Å². The van der Waals surface area contributed by atoms with E-state index < -0.39 is 5.60 Å². The van der Waals surface area contributed by atoms with Crippen molar-refractivity contribution in [2.24, 2.45) is 0 Å². The van der Waals surface area contributed by atoms with Crippen LogP contribution in [0.1, 0.15) is 25.3 Å². The highest BCUT2D eigenvalue weighted by Crippen LogP contribution is 2.33. The molecular weight excluding hydrogens is 210 g/mol. The van der Waals surface area contributed by atoms with Crippen molar-refractivity contribution in [3.63, 3.8) is 0 Å². The summed E-state index contributed by atoms with van der Waals surface area (Å²) in [4.78, 5) is 0. The van der Waals surface area contributed by atoms with E-state index in [1.807, 2.05) is 24.3 Å². The van der Waals surface area contributed by atoms with Crippen LogP contribution in [0.15, 0.2) is 24.3 Å². The number of piperidine rings is 1. The first-order valence-electron chi connectivity index (χ1n) is 5.32. The van der Waals surface area contributed by atoms with Crippen LogP contribution in [0.5, 0.6) is 0 Å². The summed E-state index contributed by atoms with van der Waals surface area (Å²) < 4.78 is 0. The molecule has 2 N–H and O–H groups in total. The zero-order valence-corrected chi connectivity index (χ0v) is 9.59. The fourth-order valence-corrected chi connectivity index (χ4v) is 2.44. The first kappa shape index (κ1) is 10.9. The molecule has 2 nitrogen and oxygen atoms in total. The van der Waals surface area contributed by atoms with Gasteiger partial charge in [-0.05, 0) is 44.0 Å². The third kappa shape index (κ3) is 2.33. The maximum Gasteiger partial charge on any atom is 0.0923 e. The largest absolute Gasteiger partial charge is 0.385 e. The minimum absolute atomic E-state index is 0.350. The summed E-state index contributed by atoms with van der Waals surface area (Å²) in [5.74, 6) is 0. The fraction of sp³-hybridized carbons (Fsp3) is 0.500. The Morgan fingerprint density at radius 1 is 1.53 bits per heavy atom. The average molecular weight is 226 g/mol. The van der Waals surface area contributed by atoms with E-state index in [0.717, 1.165) is 24.9 Å². The zero-order chi connectivity index (χ0) is 10.9. The molecule has 2 atom stereocenters. The zero-order valence-electron chi connectivity index (χ0n) is 8.83. The van der Waals surface area contributed by atoms with Gasteiger partial charge in [0.25, 0.3) is 0 Å². The van der Waals surface area contributed by atoms with Gasteiger partial charge in [-0.3, -0.25) is 0 Å². The van der Waals surface area contributed by atoms with Crippen LogP contribution in [-0.2, 0) is 5.60 Å². The molecule has 0 spiro atoms. The van der Waals surface area contributed by atoms with Gasteiger partial charge in [0.2, 0.25) is 0 Å². The Kier molecular flexibility index (Phi) is 3.01. The van der Waals surface area contributed by atoms with Crippen LogP contribution in [0, 0.1) is 0 Å². The standard InChI is InChI=1S/C12H16ClNO/c1-9-8-12(15,5-6-14-9)10-3-2-4-11(13)7-10/h2-4,7,9,14-15H,5-6,8H2,1H3/t9-,12+/m0/s1. The van der Waals surface area contributed by atoms with E-state index in [0.29, 0.717) is 11.1 Å². The monoisotopic (exact) mass is 225 g/mol. The minimum Gasteiger partial charge on any atom is -0.385 e. The topological polar surface area (TPSA) is 32.3 Å². The minimum atomic E-state index is -0.713. The normalized spacial score (nSPS) is 31.5. The summed E-state index contributed by atoms with van der Waals surface area (Å²) in [5.41, 5.74) is 0.221. The van der Waals surface area contributed by atoms with Crippen molar-refractivity contribution in [1.82, 2.24) is 5.32 Å². The number of halogens is 1. The van der Waals surface area contributed by atoms with Crippen molar-refractivity contribution >= 4 is 11.6 Å². The van der Waals surface area contributed by atoms with Crippen LogP contribution in [0.2, 0.25) is 5.02 Å². The van der Waals surface area contributed by atoms with E-state index in [4.69, 9.17) is 11.6 Å². The van der Waals surface area contributed by atoms with Crippen LogP contribution in [-0.4, -0.2) is 17.7 Å². The number of nitrogens with one attached hydrogen (secondary N) is 1. The second-order valence-corrected chi connectivity index (χ2v) is 4.79. The molecule has 0 bridgehead atoms. The van der Waals surface area contributed by atoms with Crippen LogP contribution in [0.25, 0.3) is 0 Å². The van der Waals surface area contributed by atoms with Crippen molar-refractivity contribution < 1.29 is 5.11 Å². The summed E-state index contributed by atoms with van der Waals surface area (Å²) in [7, 11) is 0. The lowest BCUT2D eigenvalue weighted by Gasteiger charge is -2.36. The molecule has 1 heterocycles. The van der Waals surface area contributed by atoms with Gasteiger partial charge < -0.3 is 10.4 Å². The van der Waals surface area contributed by atoms with E-state index in [1.54, 1.807) is 0 Å². The number of rotatable bonds is 1. The molecule has 3 heteroatoms. The molecule has 0 aromatic heterocycles. The predicted octanol–water partition coefficient (Wildman–Crippen LogP) is 2.30. The Labute approximate surface area is 95.3 Å². The molecule has 0 saturated carbocycles. The molecule has 0 amide bonds. The highest BCUT2D eigenvalue weighted by molar-refractivity contribution is 6.30. The molecule has 2 rings (SSSR count).